The minimum Gasteiger partial charge on any atom is -0.352 e. The van der Waals surface area contributed by atoms with Crippen LogP contribution in [-0.2, 0) is 4.79 Å². The van der Waals surface area contributed by atoms with Gasteiger partial charge in [0.25, 0.3) is 0 Å². The molecule has 0 bridgehead atoms. The molecule has 4 nitrogen and oxygen atoms in total. The lowest BCUT2D eigenvalue weighted by Gasteiger charge is -2.30. The smallest absolute Gasteiger partial charge is 0.223 e. The predicted octanol–water partition coefficient (Wildman–Crippen LogP) is 0.572. The van der Waals surface area contributed by atoms with E-state index >= 15 is 0 Å². The van der Waals surface area contributed by atoms with E-state index in [4.69, 9.17) is 5.73 Å². The lowest BCUT2D eigenvalue weighted by molar-refractivity contribution is -0.128. The van der Waals surface area contributed by atoms with Crippen molar-refractivity contribution in [2.24, 2.45) is 17.6 Å². The Morgan fingerprint density at radius 1 is 1.35 bits per heavy atom. The molecule has 3 N–H and O–H groups in total. The number of carbonyl (C=O) groups excluding carboxylic acids is 1. The van der Waals surface area contributed by atoms with Crippen molar-refractivity contribution in [3.63, 3.8) is 0 Å². The Morgan fingerprint density at radius 2 is 2.12 bits per heavy atom. The summed E-state index contributed by atoms with van der Waals surface area (Å²) in [5.41, 5.74) is 5.77. The maximum Gasteiger partial charge on any atom is 0.223 e. The van der Waals surface area contributed by atoms with Gasteiger partial charge in [-0.1, -0.05) is 12.8 Å². The van der Waals surface area contributed by atoms with Gasteiger partial charge in [0.05, 0.1) is 0 Å². The Morgan fingerprint density at radius 3 is 2.76 bits per heavy atom. The molecule has 0 spiro atoms. The van der Waals surface area contributed by atoms with Crippen molar-refractivity contribution in [1.29, 1.82) is 0 Å². The second kappa shape index (κ2) is 5.83. The molecule has 0 aromatic heterocycles. The highest BCUT2D eigenvalue weighted by molar-refractivity contribution is 5.79. The van der Waals surface area contributed by atoms with Crippen molar-refractivity contribution in [1.82, 2.24) is 10.2 Å². The van der Waals surface area contributed by atoms with E-state index in [1.54, 1.807) is 0 Å². The molecule has 0 aromatic rings. The third-order valence-electron chi connectivity index (χ3n) is 4.29. The van der Waals surface area contributed by atoms with E-state index in [1.807, 2.05) is 0 Å². The molecule has 2 fully saturated rings. The van der Waals surface area contributed by atoms with E-state index in [-0.39, 0.29) is 11.8 Å². The van der Waals surface area contributed by atoms with Gasteiger partial charge in [-0.05, 0) is 45.3 Å². The molecule has 98 valence electrons. The average molecular weight is 239 g/mol. The van der Waals surface area contributed by atoms with Gasteiger partial charge in [-0.3, -0.25) is 4.79 Å². The van der Waals surface area contributed by atoms with Gasteiger partial charge in [0, 0.05) is 18.5 Å². The van der Waals surface area contributed by atoms with Crippen LogP contribution in [0.25, 0.3) is 0 Å². The maximum absolute atomic E-state index is 12.2. The first-order chi connectivity index (χ1) is 8.20. The summed E-state index contributed by atoms with van der Waals surface area (Å²) in [4.78, 5) is 14.5. The third-order valence-corrected chi connectivity index (χ3v) is 4.29. The Kier molecular flexibility index (Phi) is 4.40. The van der Waals surface area contributed by atoms with Crippen LogP contribution in [0.2, 0.25) is 0 Å². The fourth-order valence-electron chi connectivity index (χ4n) is 3.20. The summed E-state index contributed by atoms with van der Waals surface area (Å²) in [6.07, 6.45) is 5.65. The fraction of sp³-hybridized carbons (Fsp3) is 0.923. The summed E-state index contributed by atoms with van der Waals surface area (Å²) in [6.45, 7) is 2.74. The first-order valence-electron chi connectivity index (χ1n) is 6.89. The van der Waals surface area contributed by atoms with Gasteiger partial charge in [0.15, 0.2) is 0 Å². The second-order valence-corrected chi connectivity index (χ2v) is 5.64. The largest absolute Gasteiger partial charge is 0.352 e. The van der Waals surface area contributed by atoms with E-state index in [1.165, 1.54) is 12.8 Å². The summed E-state index contributed by atoms with van der Waals surface area (Å²) in [5.74, 6) is 0.822. The second-order valence-electron chi connectivity index (χ2n) is 5.64. The zero-order chi connectivity index (χ0) is 12.3. The number of hydrogen-bond acceptors (Lipinski definition) is 3. The Balaban J connectivity index is 1.85. The number of rotatable bonds is 3. The SMILES string of the molecule is CN1CCC(NC(=O)C2CCCCC2CN)C1. The minimum absolute atomic E-state index is 0.166. The van der Waals surface area contributed by atoms with E-state index < -0.39 is 0 Å². The van der Waals surface area contributed by atoms with Crippen molar-refractivity contribution in [2.45, 2.75) is 38.1 Å². The van der Waals surface area contributed by atoms with Crippen LogP contribution in [0.15, 0.2) is 0 Å². The molecule has 2 aliphatic rings. The summed E-state index contributed by atoms with van der Waals surface area (Å²) in [5, 5.41) is 3.21. The van der Waals surface area contributed by atoms with E-state index in [0.29, 0.717) is 18.5 Å². The molecule has 2 rings (SSSR count). The van der Waals surface area contributed by atoms with Gasteiger partial charge in [-0.2, -0.15) is 0 Å². The van der Waals surface area contributed by atoms with Gasteiger partial charge in [-0.15, -0.1) is 0 Å². The molecule has 1 aliphatic carbocycles. The monoisotopic (exact) mass is 239 g/mol. The van der Waals surface area contributed by atoms with Gasteiger partial charge in [-0.25, -0.2) is 0 Å². The van der Waals surface area contributed by atoms with Crippen LogP contribution >= 0.6 is 0 Å². The van der Waals surface area contributed by atoms with E-state index in [0.717, 1.165) is 32.4 Å². The Bertz CT molecular complexity index is 269. The number of amides is 1. The predicted molar refractivity (Wildman–Crippen MR) is 68.5 cm³/mol. The minimum atomic E-state index is 0.166. The Hall–Kier alpha value is -0.610. The lowest BCUT2D eigenvalue weighted by atomic mass is 9.78. The highest BCUT2D eigenvalue weighted by Crippen LogP contribution is 2.29. The molecular formula is C13H25N3O. The number of likely N-dealkylation sites (N-methyl/N-ethyl adjacent to an activating group) is 1. The molecule has 1 heterocycles. The molecule has 1 aliphatic heterocycles. The van der Waals surface area contributed by atoms with Crippen LogP contribution in [0.1, 0.15) is 32.1 Å². The number of nitrogens with zero attached hydrogens (tertiary/aromatic N) is 1. The lowest BCUT2D eigenvalue weighted by Crippen LogP contribution is -2.44. The van der Waals surface area contributed by atoms with Crippen LogP contribution in [0.4, 0.5) is 0 Å². The van der Waals surface area contributed by atoms with Crippen molar-refractivity contribution in [3.05, 3.63) is 0 Å². The number of likely N-dealkylation sites (tertiary alicyclic amines) is 1. The first-order valence-corrected chi connectivity index (χ1v) is 6.89. The molecule has 3 atom stereocenters. The molecule has 3 unspecified atom stereocenters. The van der Waals surface area contributed by atoms with Crippen LogP contribution in [0.3, 0.4) is 0 Å². The summed E-state index contributed by atoms with van der Waals surface area (Å²) < 4.78 is 0. The first kappa shape index (κ1) is 12.8. The Labute approximate surface area is 104 Å². The van der Waals surface area contributed by atoms with Gasteiger partial charge in [0.2, 0.25) is 5.91 Å². The molecule has 0 radical (unpaired) electrons. The molecule has 4 heteroatoms. The number of nitrogens with one attached hydrogen (secondary N) is 1. The highest BCUT2D eigenvalue weighted by Gasteiger charge is 2.31. The zero-order valence-corrected chi connectivity index (χ0v) is 10.8. The van der Waals surface area contributed by atoms with Crippen molar-refractivity contribution in [2.75, 3.05) is 26.7 Å². The van der Waals surface area contributed by atoms with E-state index in [2.05, 4.69) is 17.3 Å². The fourth-order valence-corrected chi connectivity index (χ4v) is 3.20. The summed E-state index contributed by atoms with van der Waals surface area (Å²) >= 11 is 0. The average Bonchev–Trinajstić information content (AvgIpc) is 2.74. The van der Waals surface area contributed by atoms with Crippen LogP contribution < -0.4 is 11.1 Å². The van der Waals surface area contributed by atoms with Gasteiger partial charge in [0.1, 0.15) is 0 Å². The highest BCUT2D eigenvalue weighted by atomic mass is 16.2. The van der Waals surface area contributed by atoms with Crippen molar-refractivity contribution >= 4 is 5.91 Å². The summed E-state index contributed by atoms with van der Waals surface area (Å²) in [6, 6.07) is 0.354. The van der Waals surface area contributed by atoms with Gasteiger partial charge < -0.3 is 16.0 Å². The quantitative estimate of drug-likeness (QED) is 0.757. The number of carbonyl (C=O) groups is 1. The molecular weight excluding hydrogens is 214 g/mol. The third kappa shape index (κ3) is 3.19. The molecule has 1 amide bonds. The van der Waals surface area contributed by atoms with Crippen LogP contribution in [0, 0.1) is 11.8 Å². The number of nitrogens with two attached hydrogens (primary N) is 1. The van der Waals surface area contributed by atoms with Crippen molar-refractivity contribution < 1.29 is 4.79 Å². The molecule has 1 saturated heterocycles. The summed E-state index contributed by atoms with van der Waals surface area (Å²) in [7, 11) is 2.11. The molecule has 17 heavy (non-hydrogen) atoms. The normalized spacial score (nSPS) is 34.8. The topological polar surface area (TPSA) is 58.4 Å². The van der Waals surface area contributed by atoms with Crippen LogP contribution in [0.5, 0.6) is 0 Å². The van der Waals surface area contributed by atoms with Gasteiger partial charge >= 0.3 is 0 Å². The molecule has 0 aromatic carbocycles. The van der Waals surface area contributed by atoms with Crippen LogP contribution in [-0.4, -0.2) is 43.5 Å². The number of hydrogen-bond donors (Lipinski definition) is 2. The van der Waals surface area contributed by atoms with E-state index in [9.17, 15) is 4.79 Å². The maximum atomic E-state index is 12.2. The van der Waals surface area contributed by atoms with Crippen molar-refractivity contribution in [3.8, 4) is 0 Å². The molecule has 1 saturated carbocycles. The standard InChI is InChI=1S/C13H25N3O/c1-16-7-6-11(9-16)15-13(17)12-5-3-2-4-10(12)8-14/h10-12H,2-9,14H2,1H3,(H,15,17). The zero-order valence-electron chi connectivity index (χ0n) is 10.8.